The lowest BCUT2D eigenvalue weighted by molar-refractivity contribution is 0.174. The summed E-state index contributed by atoms with van der Waals surface area (Å²) in [6.45, 7) is 0.237. The molecule has 1 N–H and O–H groups in total. The van der Waals surface area contributed by atoms with E-state index in [9.17, 15) is 10.1 Å². The quantitative estimate of drug-likeness (QED) is 0.567. The predicted octanol–water partition coefficient (Wildman–Crippen LogP) is 3.43. The van der Waals surface area contributed by atoms with Crippen LogP contribution in [-0.4, -0.2) is 23.0 Å². The van der Waals surface area contributed by atoms with E-state index in [1.165, 1.54) is 11.8 Å². The number of aromatic nitrogens is 2. The van der Waals surface area contributed by atoms with Gasteiger partial charge in [-0.3, -0.25) is 4.79 Å². The van der Waals surface area contributed by atoms with Crippen LogP contribution in [0.25, 0.3) is 22.4 Å². The second-order valence-corrected chi connectivity index (χ2v) is 6.35. The zero-order valence-corrected chi connectivity index (χ0v) is 14.6. The molecule has 2 heterocycles. The molecule has 0 unspecified atom stereocenters. The van der Waals surface area contributed by atoms with Crippen molar-refractivity contribution in [2.45, 2.75) is 5.16 Å². The normalized spacial score (nSPS) is 12.0. The SMILES string of the molecule is CSc1nc(-c2ccc(-c3ccc4c(c3)OCO4)cc2)c(C#N)c(=O)[nH]1. The van der Waals surface area contributed by atoms with Gasteiger partial charge < -0.3 is 14.5 Å². The van der Waals surface area contributed by atoms with Crippen molar-refractivity contribution in [1.29, 1.82) is 5.26 Å². The second-order valence-electron chi connectivity index (χ2n) is 5.56. The number of rotatable bonds is 3. The number of fused-ring (bicyclic) bond motifs is 1. The highest BCUT2D eigenvalue weighted by Crippen LogP contribution is 2.36. The lowest BCUT2D eigenvalue weighted by atomic mass is 10.0. The van der Waals surface area contributed by atoms with Crippen molar-refractivity contribution in [1.82, 2.24) is 9.97 Å². The molecule has 0 bridgehead atoms. The molecule has 0 saturated heterocycles. The number of nitriles is 1. The third kappa shape index (κ3) is 2.80. The lowest BCUT2D eigenvalue weighted by Crippen LogP contribution is -2.14. The monoisotopic (exact) mass is 363 g/mol. The van der Waals surface area contributed by atoms with Gasteiger partial charge in [0.25, 0.3) is 5.56 Å². The van der Waals surface area contributed by atoms with Crippen molar-refractivity contribution in [3.63, 3.8) is 0 Å². The third-order valence-electron chi connectivity index (χ3n) is 4.07. The Kier molecular flexibility index (Phi) is 4.11. The molecule has 1 aliphatic rings. The highest BCUT2D eigenvalue weighted by atomic mass is 32.2. The topological polar surface area (TPSA) is 88.0 Å². The average molecular weight is 363 g/mol. The van der Waals surface area contributed by atoms with Crippen LogP contribution >= 0.6 is 11.8 Å². The van der Waals surface area contributed by atoms with E-state index < -0.39 is 5.56 Å². The Bertz CT molecular complexity index is 1080. The second kappa shape index (κ2) is 6.58. The number of aromatic amines is 1. The average Bonchev–Trinajstić information content (AvgIpc) is 3.15. The lowest BCUT2D eigenvalue weighted by Gasteiger charge is -2.07. The number of hydrogen-bond donors (Lipinski definition) is 1. The Morgan fingerprint density at radius 3 is 2.50 bits per heavy atom. The van der Waals surface area contributed by atoms with Gasteiger partial charge in [0.1, 0.15) is 11.6 Å². The van der Waals surface area contributed by atoms with Gasteiger partial charge >= 0.3 is 0 Å². The standard InChI is InChI=1S/C19H13N3O3S/c1-26-19-21-17(14(9-20)18(23)22-19)12-4-2-11(3-5-12)13-6-7-15-16(8-13)25-10-24-15/h2-8H,10H2,1H3,(H,21,22,23). The molecule has 0 radical (unpaired) electrons. The van der Waals surface area contributed by atoms with Crippen molar-refractivity contribution in [2.75, 3.05) is 13.0 Å². The number of nitrogens with zero attached hydrogens (tertiary/aromatic N) is 2. The van der Waals surface area contributed by atoms with E-state index in [1.54, 1.807) is 0 Å². The van der Waals surface area contributed by atoms with Gasteiger partial charge in [0, 0.05) is 5.56 Å². The van der Waals surface area contributed by atoms with Crippen LogP contribution < -0.4 is 15.0 Å². The molecule has 0 amide bonds. The number of H-pyrrole nitrogens is 1. The maximum absolute atomic E-state index is 12.1. The fourth-order valence-corrected chi connectivity index (χ4v) is 3.14. The van der Waals surface area contributed by atoms with Crippen LogP contribution in [-0.2, 0) is 0 Å². The van der Waals surface area contributed by atoms with Gasteiger partial charge in [-0.05, 0) is 29.5 Å². The van der Waals surface area contributed by atoms with E-state index in [0.717, 1.165) is 22.6 Å². The molecule has 3 aromatic rings. The minimum absolute atomic E-state index is 0.0126. The van der Waals surface area contributed by atoms with E-state index in [4.69, 9.17) is 9.47 Å². The minimum atomic E-state index is -0.429. The van der Waals surface area contributed by atoms with E-state index in [0.29, 0.717) is 16.4 Å². The zero-order chi connectivity index (χ0) is 18.1. The molecular weight excluding hydrogens is 350 g/mol. The van der Waals surface area contributed by atoms with E-state index >= 15 is 0 Å². The smallest absolute Gasteiger partial charge is 0.270 e. The summed E-state index contributed by atoms with van der Waals surface area (Å²) in [6, 6.07) is 15.3. The Balaban J connectivity index is 1.74. The van der Waals surface area contributed by atoms with Gasteiger partial charge in [0.15, 0.2) is 16.7 Å². The summed E-state index contributed by atoms with van der Waals surface area (Å²) in [5.74, 6) is 1.46. The van der Waals surface area contributed by atoms with Crippen molar-refractivity contribution >= 4 is 11.8 Å². The molecule has 0 atom stereocenters. The summed E-state index contributed by atoms with van der Waals surface area (Å²) in [5.41, 5.74) is 2.66. The largest absolute Gasteiger partial charge is 0.454 e. The highest BCUT2D eigenvalue weighted by molar-refractivity contribution is 7.98. The van der Waals surface area contributed by atoms with Crippen molar-refractivity contribution in [3.8, 4) is 40.0 Å². The minimum Gasteiger partial charge on any atom is -0.454 e. The first-order valence-corrected chi connectivity index (χ1v) is 9.01. The van der Waals surface area contributed by atoms with Crippen LogP contribution in [0.3, 0.4) is 0 Å². The zero-order valence-electron chi connectivity index (χ0n) is 13.8. The first kappa shape index (κ1) is 16.2. The van der Waals surface area contributed by atoms with Gasteiger partial charge in [-0.1, -0.05) is 42.1 Å². The number of hydrogen-bond acceptors (Lipinski definition) is 6. The molecule has 0 aliphatic carbocycles. The molecule has 0 spiro atoms. The molecule has 128 valence electrons. The summed E-state index contributed by atoms with van der Waals surface area (Å²) in [5, 5.41) is 9.78. The van der Waals surface area contributed by atoms with Crippen LogP contribution in [0, 0.1) is 11.3 Å². The molecule has 7 heteroatoms. The van der Waals surface area contributed by atoms with Gasteiger partial charge in [-0.2, -0.15) is 5.26 Å². The first-order valence-electron chi connectivity index (χ1n) is 7.78. The van der Waals surface area contributed by atoms with Crippen molar-refractivity contribution < 1.29 is 9.47 Å². The van der Waals surface area contributed by atoms with Crippen LogP contribution in [0.4, 0.5) is 0 Å². The molecule has 26 heavy (non-hydrogen) atoms. The Hall–Kier alpha value is -3.24. The van der Waals surface area contributed by atoms with Crippen LogP contribution in [0.15, 0.2) is 52.4 Å². The number of nitrogens with one attached hydrogen (secondary N) is 1. The number of benzene rings is 2. The maximum atomic E-state index is 12.1. The van der Waals surface area contributed by atoms with E-state index in [-0.39, 0.29) is 12.4 Å². The van der Waals surface area contributed by atoms with Crippen LogP contribution in [0.5, 0.6) is 11.5 Å². The maximum Gasteiger partial charge on any atom is 0.270 e. The predicted molar refractivity (Wildman–Crippen MR) is 98.3 cm³/mol. The van der Waals surface area contributed by atoms with Crippen LogP contribution in [0.2, 0.25) is 0 Å². The number of thioether (sulfide) groups is 1. The molecule has 6 nitrogen and oxygen atoms in total. The summed E-state index contributed by atoms with van der Waals surface area (Å²) in [7, 11) is 0. The summed E-state index contributed by atoms with van der Waals surface area (Å²) in [6.07, 6.45) is 1.82. The Labute approximate surface area is 153 Å². The van der Waals surface area contributed by atoms with E-state index in [1.807, 2.05) is 54.8 Å². The fourth-order valence-electron chi connectivity index (χ4n) is 2.76. The molecule has 4 rings (SSSR count). The molecule has 0 fully saturated rings. The highest BCUT2D eigenvalue weighted by Gasteiger charge is 2.15. The molecule has 0 saturated carbocycles. The first-order chi connectivity index (χ1) is 12.7. The van der Waals surface area contributed by atoms with Gasteiger partial charge in [0.05, 0.1) is 5.69 Å². The molecule has 1 aromatic heterocycles. The van der Waals surface area contributed by atoms with Gasteiger partial charge in [-0.25, -0.2) is 4.98 Å². The fraction of sp³-hybridized carbons (Fsp3) is 0.105. The molecular formula is C19H13N3O3S. The number of ether oxygens (including phenoxy) is 2. The Morgan fingerprint density at radius 1 is 1.08 bits per heavy atom. The van der Waals surface area contributed by atoms with Gasteiger partial charge in [0.2, 0.25) is 6.79 Å². The Morgan fingerprint density at radius 2 is 1.77 bits per heavy atom. The van der Waals surface area contributed by atoms with Crippen LogP contribution in [0.1, 0.15) is 5.56 Å². The summed E-state index contributed by atoms with van der Waals surface area (Å²) < 4.78 is 10.7. The van der Waals surface area contributed by atoms with Gasteiger partial charge in [-0.15, -0.1) is 0 Å². The molecule has 1 aliphatic heterocycles. The summed E-state index contributed by atoms with van der Waals surface area (Å²) in [4.78, 5) is 19.1. The summed E-state index contributed by atoms with van der Waals surface area (Å²) >= 11 is 1.32. The van der Waals surface area contributed by atoms with Crippen molar-refractivity contribution in [2.24, 2.45) is 0 Å². The third-order valence-corrected chi connectivity index (χ3v) is 4.65. The van der Waals surface area contributed by atoms with E-state index in [2.05, 4.69) is 9.97 Å². The van der Waals surface area contributed by atoms with Crippen molar-refractivity contribution in [3.05, 3.63) is 58.4 Å². The molecule has 2 aromatic carbocycles.